The minimum atomic E-state index is -0.380. The van der Waals surface area contributed by atoms with Crippen LogP contribution >= 0.6 is 0 Å². The predicted octanol–water partition coefficient (Wildman–Crippen LogP) is 5.11. The van der Waals surface area contributed by atoms with Crippen molar-refractivity contribution in [3.05, 3.63) is 71.9 Å². The molecule has 3 rings (SSSR count). The van der Waals surface area contributed by atoms with E-state index < -0.39 is 0 Å². The molecule has 0 amide bonds. The molecule has 0 radical (unpaired) electrons. The Balaban J connectivity index is 2.30. The number of aromatic nitrogens is 2. The Bertz CT molecular complexity index is 891. The first-order valence-corrected chi connectivity index (χ1v) is 8.81. The van der Waals surface area contributed by atoms with E-state index in [1.165, 1.54) is 0 Å². The molecule has 0 saturated carbocycles. The summed E-state index contributed by atoms with van der Waals surface area (Å²) in [7, 11) is 0. The minimum absolute atomic E-state index is 0.0577. The van der Waals surface area contributed by atoms with Gasteiger partial charge in [0.15, 0.2) is 5.82 Å². The van der Waals surface area contributed by atoms with Crippen molar-refractivity contribution in [1.29, 1.82) is 0 Å². The Morgan fingerprint density at radius 3 is 2.04 bits per heavy atom. The van der Waals surface area contributed by atoms with Gasteiger partial charge in [0.2, 0.25) is 0 Å². The van der Waals surface area contributed by atoms with Crippen LogP contribution in [0.1, 0.15) is 42.7 Å². The molecule has 4 heteroatoms. The highest BCUT2D eigenvalue weighted by Crippen LogP contribution is 2.31. The molecule has 0 atom stereocenters. The molecule has 1 heterocycles. The normalized spacial score (nSPS) is 10.8. The lowest BCUT2D eigenvalue weighted by Gasteiger charge is -2.17. The van der Waals surface area contributed by atoms with E-state index in [0.717, 1.165) is 11.1 Å². The van der Waals surface area contributed by atoms with Crippen molar-refractivity contribution in [2.24, 2.45) is 0 Å². The molecular weight excluding hydrogens is 324 g/mol. The number of benzene rings is 2. The van der Waals surface area contributed by atoms with E-state index in [4.69, 9.17) is 14.7 Å². The van der Waals surface area contributed by atoms with Gasteiger partial charge in [-0.2, -0.15) is 0 Å². The third-order valence-corrected chi connectivity index (χ3v) is 4.04. The Hall–Kier alpha value is -3.01. The van der Waals surface area contributed by atoms with Crippen LogP contribution in [0.15, 0.2) is 60.7 Å². The van der Waals surface area contributed by atoms with E-state index >= 15 is 0 Å². The van der Waals surface area contributed by atoms with Crippen LogP contribution in [0.3, 0.4) is 0 Å². The second kappa shape index (κ2) is 7.91. The highest BCUT2D eigenvalue weighted by Gasteiger charge is 2.25. The summed E-state index contributed by atoms with van der Waals surface area (Å²) in [5, 5.41) is 0. The van der Waals surface area contributed by atoms with Crippen LogP contribution in [0.4, 0.5) is 0 Å². The van der Waals surface area contributed by atoms with Crippen molar-refractivity contribution in [1.82, 2.24) is 9.97 Å². The quantitative estimate of drug-likeness (QED) is 0.602. The smallest absolute Gasteiger partial charge is 0.342 e. The first-order chi connectivity index (χ1) is 12.6. The largest absolute Gasteiger partial charge is 0.462 e. The molecule has 26 heavy (non-hydrogen) atoms. The number of rotatable bonds is 5. The summed E-state index contributed by atoms with van der Waals surface area (Å²) >= 11 is 0. The molecule has 0 saturated heterocycles. The van der Waals surface area contributed by atoms with Gasteiger partial charge in [-0.1, -0.05) is 74.5 Å². The van der Waals surface area contributed by atoms with Crippen LogP contribution in [-0.2, 0) is 4.74 Å². The summed E-state index contributed by atoms with van der Waals surface area (Å²) < 4.78 is 5.31. The first-order valence-electron chi connectivity index (χ1n) is 8.81. The van der Waals surface area contributed by atoms with E-state index in [-0.39, 0.29) is 11.9 Å². The van der Waals surface area contributed by atoms with Gasteiger partial charge >= 0.3 is 5.97 Å². The average Bonchev–Trinajstić information content (AvgIpc) is 2.68. The number of esters is 1. The monoisotopic (exact) mass is 346 g/mol. The summed E-state index contributed by atoms with van der Waals surface area (Å²) in [5.74, 6) is 0.290. The second-order valence-corrected chi connectivity index (χ2v) is 6.26. The number of hydrogen-bond donors (Lipinski definition) is 0. The maximum atomic E-state index is 12.7. The summed E-state index contributed by atoms with van der Waals surface area (Å²) in [6, 6.07) is 19.5. The zero-order chi connectivity index (χ0) is 18.5. The van der Waals surface area contributed by atoms with Crippen molar-refractivity contribution in [3.8, 4) is 22.6 Å². The molecule has 0 aliphatic rings. The first kappa shape index (κ1) is 17.8. The Kier molecular flexibility index (Phi) is 5.42. The number of nitrogens with zero attached hydrogens (tertiary/aromatic N) is 2. The maximum absolute atomic E-state index is 12.7. The van der Waals surface area contributed by atoms with Crippen molar-refractivity contribution in [2.45, 2.75) is 26.7 Å². The summed E-state index contributed by atoms with van der Waals surface area (Å²) in [6.45, 7) is 6.16. The molecule has 1 aromatic heterocycles. The van der Waals surface area contributed by atoms with Crippen LogP contribution < -0.4 is 0 Å². The van der Waals surface area contributed by atoms with Crippen LogP contribution in [0.2, 0.25) is 0 Å². The Labute approximate surface area is 153 Å². The second-order valence-electron chi connectivity index (χ2n) is 6.26. The zero-order valence-electron chi connectivity index (χ0n) is 15.3. The Morgan fingerprint density at radius 1 is 0.923 bits per heavy atom. The molecule has 0 aliphatic carbocycles. The standard InChI is InChI=1S/C22H22N2O2/c1-4-26-22(25)18-19(15(2)3)23-21(17-13-9-6-10-14-17)24-20(18)16-11-7-5-8-12-16/h5-15H,4H2,1-3H3. The number of hydrogen-bond acceptors (Lipinski definition) is 4. The molecule has 0 unspecified atom stereocenters. The lowest BCUT2D eigenvalue weighted by atomic mass is 9.98. The summed E-state index contributed by atoms with van der Waals surface area (Å²) in [4.78, 5) is 22.2. The van der Waals surface area contributed by atoms with Gasteiger partial charge in [-0.05, 0) is 12.8 Å². The summed E-state index contributed by atoms with van der Waals surface area (Å²) in [5.41, 5.74) is 3.56. The summed E-state index contributed by atoms with van der Waals surface area (Å²) in [6.07, 6.45) is 0. The van der Waals surface area contributed by atoms with Crippen LogP contribution in [0.25, 0.3) is 22.6 Å². The van der Waals surface area contributed by atoms with Crippen molar-refractivity contribution < 1.29 is 9.53 Å². The third kappa shape index (κ3) is 3.64. The van der Waals surface area contributed by atoms with Gasteiger partial charge in [0.05, 0.1) is 18.0 Å². The fraction of sp³-hybridized carbons (Fsp3) is 0.227. The van der Waals surface area contributed by atoms with Gasteiger partial charge in [-0.3, -0.25) is 0 Å². The molecule has 2 aromatic carbocycles. The molecule has 132 valence electrons. The van der Waals surface area contributed by atoms with Crippen molar-refractivity contribution >= 4 is 5.97 Å². The lowest BCUT2D eigenvalue weighted by molar-refractivity contribution is 0.0524. The third-order valence-electron chi connectivity index (χ3n) is 4.04. The van der Waals surface area contributed by atoms with E-state index in [0.29, 0.717) is 29.4 Å². The van der Waals surface area contributed by atoms with Gasteiger partial charge in [0, 0.05) is 11.1 Å². The van der Waals surface area contributed by atoms with E-state index in [2.05, 4.69) is 0 Å². The number of carbonyl (C=O) groups excluding carboxylic acids is 1. The topological polar surface area (TPSA) is 52.1 Å². The fourth-order valence-electron chi connectivity index (χ4n) is 2.82. The minimum Gasteiger partial charge on any atom is -0.462 e. The van der Waals surface area contributed by atoms with Crippen molar-refractivity contribution in [2.75, 3.05) is 6.61 Å². The van der Waals surface area contributed by atoms with Crippen LogP contribution in [0.5, 0.6) is 0 Å². The van der Waals surface area contributed by atoms with Gasteiger partial charge in [-0.25, -0.2) is 14.8 Å². The molecule has 0 N–H and O–H groups in total. The number of ether oxygens (including phenoxy) is 1. The molecule has 3 aromatic rings. The van der Waals surface area contributed by atoms with Crippen molar-refractivity contribution in [3.63, 3.8) is 0 Å². The molecule has 0 bridgehead atoms. The molecular formula is C22H22N2O2. The lowest BCUT2D eigenvalue weighted by Crippen LogP contribution is -2.15. The van der Waals surface area contributed by atoms with E-state index in [1.54, 1.807) is 6.92 Å². The molecule has 0 aliphatic heterocycles. The highest BCUT2D eigenvalue weighted by molar-refractivity contribution is 5.97. The van der Waals surface area contributed by atoms with Gasteiger partial charge in [-0.15, -0.1) is 0 Å². The maximum Gasteiger partial charge on any atom is 0.342 e. The van der Waals surface area contributed by atoms with E-state index in [1.807, 2.05) is 74.5 Å². The molecule has 4 nitrogen and oxygen atoms in total. The van der Waals surface area contributed by atoms with Crippen LogP contribution in [0, 0.1) is 0 Å². The predicted molar refractivity (Wildman–Crippen MR) is 103 cm³/mol. The van der Waals surface area contributed by atoms with E-state index in [9.17, 15) is 4.79 Å². The highest BCUT2D eigenvalue weighted by atomic mass is 16.5. The zero-order valence-corrected chi connectivity index (χ0v) is 15.3. The van der Waals surface area contributed by atoms with Gasteiger partial charge in [0.25, 0.3) is 0 Å². The number of carbonyl (C=O) groups is 1. The molecule has 0 spiro atoms. The van der Waals surface area contributed by atoms with Crippen LogP contribution in [-0.4, -0.2) is 22.5 Å². The average molecular weight is 346 g/mol. The Morgan fingerprint density at radius 2 is 1.50 bits per heavy atom. The molecule has 0 fully saturated rings. The fourth-order valence-corrected chi connectivity index (χ4v) is 2.82. The van der Waals surface area contributed by atoms with Gasteiger partial charge in [0.1, 0.15) is 5.56 Å². The van der Waals surface area contributed by atoms with Gasteiger partial charge < -0.3 is 4.74 Å². The SMILES string of the molecule is CCOC(=O)c1c(-c2ccccc2)nc(-c2ccccc2)nc1C(C)C.